The van der Waals surface area contributed by atoms with Crippen LogP contribution in [0.15, 0.2) is 42.5 Å². The maximum atomic E-state index is 12.1. The van der Waals surface area contributed by atoms with Crippen LogP contribution in [0.1, 0.15) is 10.4 Å². The summed E-state index contributed by atoms with van der Waals surface area (Å²) < 4.78 is 10.2. The Hall–Kier alpha value is -3.13. The summed E-state index contributed by atoms with van der Waals surface area (Å²) in [5.74, 6) is -0.925. The van der Waals surface area contributed by atoms with E-state index < -0.39 is 23.3 Å². The molecule has 2 amide bonds. The number of carbonyl (C=O) groups is 2. The molecule has 0 bridgehead atoms. The van der Waals surface area contributed by atoms with Crippen LogP contribution >= 0.6 is 11.6 Å². The van der Waals surface area contributed by atoms with E-state index in [0.29, 0.717) is 5.75 Å². The van der Waals surface area contributed by atoms with E-state index in [0.717, 1.165) is 6.07 Å². The number of ether oxygens (including phenoxy) is 2. The van der Waals surface area contributed by atoms with Gasteiger partial charge in [0.25, 0.3) is 17.5 Å². The van der Waals surface area contributed by atoms with E-state index in [-0.39, 0.29) is 22.0 Å². The number of methoxy groups -OCH3 is 1. The molecule has 0 fully saturated rings. The first kappa shape index (κ1) is 18.2. The molecule has 0 atom stereocenters. The number of hydrogen-bond donors (Lipinski definition) is 1. The number of non-ortho nitro benzene ring substituents is 1. The molecule has 0 saturated heterocycles. The summed E-state index contributed by atoms with van der Waals surface area (Å²) in [6.07, 6.45) is 0. The molecular weight excluding hydrogens is 352 g/mol. The van der Waals surface area contributed by atoms with Crippen LogP contribution in [-0.4, -0.2) is 30.5 Å². The molecule has 8 nitrogen and oxygen atoms in total. The van der Waals surface area contributed by atoms with Crippen molar-refractivity contribution >= 4 is 29.1 Å². The highest BCUT2D eigenvalue weighted by atomic mass is 35.5. The largest absolute Gasteiger partial charge is 0.496 e. The lowest BCUT2D eigenvalue weighted by molar-refractivity contribution is -0.384. The van der Waals surface area contributed by atoms with Gasteiger partial charge < -0.3 is 9.47 Å². The Morgan fingerprint density at radius 2 is 1.92 bits per heavy atom. The van der Waals surface area contributed by atoms with Gasteiger partial charge in [0.1, 0.15) is 11.5 Å². The molecular formula is C16H13ClN2O6. The average molecular weight is 365 g/mol. The first-order valence-electron chi connectivity index (χ1n) is 6.96. The summed E-state index contributed by atoms with van der Waals surface area (Å²) in [6.45, 7) is -0.488. The zero-order valence-electron chi connectivity index (χ0n) is 13.0. The third kappa shape index (κ3) is 4.67. The standard InChI is InChI=1S/C16H13ClN2O6/c1-24-13-5-3-2-4-11(13)16(21)18-15(20)9-25-14-7-6-10(19(22)23)8-12(14)17/h2-8H,9H2,1H3,(H,18,20,21). The van der Waals surface area contributed by atoms with E-state index in [9.17, 15) is 19.7 Å². The third-order valence-corrected chi connectivity index (χ3v) is 3.38. The Balaban J connectivity index is 1.97. The molecule has 0 saturated carbocycles. The van der Waals surface area contributed by atoms with Crippen molar-refractivity contribution in [3.05, 3.63) is 63.2 Å². The lowest BCUT2D eigenvalue weighted by Gasteiger charge is -2.10. The van der Waals surface area contributed by atoms with Crippen LogP contribution in [0.3, 0.4) is 0 Å². The van der Waals surface area contributed by atoms with Crippen molar-refractivity contribution in [2.45, 2.75) is 0 Å². The second-order valence-corrected chi connectivity index (χ2v) is 5.15. The van der Waals surface area contributed by atoms with Crippen molar-refractivity contribution in [2.24, 2.45) is 0 Å². The number of nitro groups is 1. The normalized spacial score (nSPS) is 10.0. The van der Waals surface area contributed by atoms with Crippen LogP contribution in [0.4, 0.5) is 5.69 Å². The van der Waals surface area contributed by atoms with Gasteiger partial charge in [0.2, 0.25) is 0 Å². The first-order chi connectivity index (χ1) is 11.9. The highest BCUT2D eigenvalue weighted by Crippen LogP contribution is 2.28. The van der Waals surface area contributed by atoms with E-state index in [4.69, 9.17) is 21.1 Å². The Morgan fingerprint density at radius 1 is 1.20 bits per heavy atom. The number of benzene rings is 2. The molecule has 0 spiro atoms. The maximum Gasteiger partial charge on any atom is 0.271 e. The predicted molar refractivity (Wildman–Crippen MR) is 89.1 cm³/mol. The Morgan fingerprint density at radius 3 is 2.56 bits per heavy atom. The van der Waals surface area contributed by atoms with Gasteiger partial charge in [0.05, 0.1) is 22.6 Å². The molecule has 2 aromatic carbocycles. The molecule has 130 valence electrons. The predicted octanol–water partition coefficient (Wildman–Crippen LogP) is 2.59. The fraction of sp³-hybridized carbons (Fsp3) is 0.125. The fourth-order valence-corrected chi connectivity index (χ4v) is 2.16. The lowest BCUT2D eigenvalue weighted by Crippen LogP contribution is -2.34. The van der Waals surface area contributed by atoms with Gasteiger partial charge in [-0.15, -0.1) is 0 Å². The first-order valence-corrected chi connectivity index (χ1v) is 7.34. The van der Waals surface area contributed by atoms with E-state index in [1.54, 1.807) is 18.2 Å². The Bertz CT molecular complexity index is 824. The van der Waals surface area contributed by atoms with Gasteiger partial charge in [0.15, 0.2) is 6.61 Å². The van der Waals surface area contributed by atoms with Crippen molar-refractivity contribution in [3.63, 3.8) is 0 Å². The summed E-state index contributed by atoms with van der Waals surface area (Å²) in [7, 11) is 1.41. The molecule has 0 aliphatic heterocycles. The second-order valence-electron chi connectivity index (χ2n) is 4.74. The number of imide groups is 1. The third-order valence-electron chi connectivity index (χ3n) is 3.09. The van der Waals surface area contributed by atoms with Crippen molar-refractivity contribution < 1.29 is 24.0 Å². The minimum atomic E-state index is -0.703. The number of carbonyl (C=O) groups excluding carboxylic acids is 2. The quantitative estimate of drug-likeness (QED) is 0.623. The zero-order chi connectivity index (χ0) is 18.4. The minimum Gasteiger partial charge on any atom is -0.496 e. The van der Waals surface area contributed by atoms with Crippen LogP contribution < -0.4 is 14.8 Å². The molecule has 0 heterocycles. The van der Waals surface area contributed by atoms with Gasteiger partial charge in [-0.2, -0.15) is 0 Å². The van der Waals surface area contributed by atoms with E-state index in [2.05, 4.69) is 5.32 Å². The SMILES string of the molecule is COc1ccccc1C(=O)NC(=O)COc1ccc([N+](=O)[O-])cc1Cl. The molecule has 0 aliphatic carbocycles. The number of nitrogens with one attached hydrogen (secondary N) is 1. The highest BCUT2D eigenvalue weighted by Gasteiger charge is 2.16. The highest BCUT2D eigenvalue weighted by molar-refractivity contribution is 6.32. The van der Waals surface area contributed by atoms with Crippen LogP contribution in [0, 0.1) is 10.1 Å². The van der Waals surface area contributed by atoms with Gasteiger partial charge in [-0.3, -0.25) is 25.0 Å². The van der Waals surface area contributed by atoms with E-state index in [1.807, 2.05) is 0 Å². The molecule has 9 heteroatoms. The van der Waals surface area contributed by atoms with Gasteiger partial charge in [-0.1, -0.05) is 23.7 Å². The van der Waals surface area contributed by atoms with Gasteiger partial charge in [-0.25, -0.2) is 0 Å². The average Bonchev–Trinajstić information content (AvgIpc) is 2.60. The Labute approximate surface area is 147 Å². The molecule has 1 N–H and O–H groups in total. The van der Waals surface area contributed by atoms with Gasteiger partial charge in [-0.05, 0) is 18.2 Å². The summed E-state index contributed by atoms with van der Waals surface area (Å²) in [5.41, 5.74) is -0.000120. The van der Waals surface area contributed by atoms with Gasteiger partial charge >= 0.3 is 0 Å². The number of rotatable bonds is 6. The molecule has 0 aliphatic rings. The van der Waals surface area contributed by atoms with Crippen molar-refractivity contribution in [1.82, 2.24) is 5.32 Å². The van der Waals surface area contributed by atoms with Crippen molar-refractivity contribution in [1.29, 1.82) is 0 Å². The number of hydrogen-bond acceptors (Lipinski definition) is 6. The summed E-state index contributed by atoms with van der Waals surface area (Å²) in [5, 5.41) is 12.8. The number of amides is 2. The number of nitrogens with zero attached hydrogens (tertiary/aromatic N) is 1. The van der Waals surface area contributed by atoms with Crippen LogP contribution in [0.25, 0.3) is 0 Å². The smallest absolute Gasteiger partial charge is 0.271 e. The minimum absolute atomic E-state index is 0.0157. The molecule has 0 aromatic heterocycles. The Kier molecular flexibility index (Phi) is 5.91. The van der Waals surface area contributed by atoms with E-state index >= 15 is 0 Å². The van der Waals surface area contributed by atoms with Crippen LogP contribution in [-0.2, 0) is 4.79 Å². The monoisotopic (exact) mass is 364 g/mol. The maximum absolute atomic E-state index is 12.1. The molecule has 2 aromatic rings. The fourth-order valence-electron chi connectivity index (χ4n) is 1.93. The molecule has 0 radical (unpaired) electrons. The van der Waals surface area contributed by atoms with E-state index in [1.165, 1.54) is 25.3 Å². The zero-order valence-corrected chi connectivity index (χ0v) is 13.8. The number of nitro benzene ring substituents is 1. The summed E-state index contributed by atoms with van der Waals surface area (Å²) in [6, 6.07) is 10.00. The molecule has 0 unspecified atom stereocenters. The van der Waals surface area contributed by atoms with Crippen LogP contribution in [0.5, 0.6) is 11.5 Å². The molecule has 25 heavy (non-hydrogen) atoms. The van der Waals surface area contributed by atoms with Crippen LogP contribution in [0.2, 0.25) is 5.02 Å². The number of halogens is 1. The summed E-state index contributed by atoms with van der Waals surface area (Å²) in [4.78, 5) is 33.9. The molecule has 2 rings (SSSR count). The van der Waals surface area contributed by atoms with Crippen molar-refractivity contribution in [2.75, 3.05) is 13.7 Å². The second kappa shape index (κ2) is 8.11. The van der Waals surface area contributed by atoms with Crippen molar-refractivity contribution in [3.8, 4) is 11.5 Å². The summed E-state index contributed by atoms with van der Waals surface area (Å²) >= 11 is 5.85. The topological polar surface area (TPSA) is 108 Å². The lowest BCUT2D eigenvalue weighted by atomic mass is 10.2. The number of para-hydroxylation sites is 1. The van der Waals surface area contributed by atoms with Gasteiger partial charge in [0, 0.05) is 12.1 Å².